The van der Waals surface area contributed by atoms with E-state index in [9.17, 15) is 22.4 Å². The summed E-state index contributed by atoms with van der Waals surface area (Å²) in [4.78, 5) is 12.1. The van der Waals surface area contributed by atoms with Crippen LogP contribution >= 0.6 is 0 Å². The molecule has 3 nitrogen and oxygen atoms in total. The number of ketones is 1. The Hall–Kier alpha value is -1.79. The van der Waals surface area contributed by atoms with Gasteiger partial charge in [0.1, 0.15) is 5.70 Å². The van der Waals surface area contributed by atoms with Crippen LogP contribution in [-0.2, 0) is 4.79 Å². The molecule has 1 heterocycles. The van der Waals surface area contributed by atoms with Gasteiger partial charge in [-0.1, -0.05) is 12.2 Å². The van der Waals surface area contributed by atoms with E-state index >= 15 is 0 Å². The van der Waals surface area contributed by atoms with E-state index in [1.54, 1.807) is 6.08 Å². The average molecular weight is 249 g/mol. The van der Waals surface area contributed by atoms with Gasteiger partial charge in [-0.15, -0.1) is 0 Å². The summed E-state index contributed by atoms with van der Waals surface area (Å²) in [6.07, 6.45) is 5.58. The molecule has 1 N–H and O–H groups in total. The van der Waals surface area contributed by atoms with E-state index in [2.05, 4.69) is 0 Å². The van der Waals surface area contributed by atoms with Crippen molar-refractivity contribution in [1.29, 1.82) is 0 Å². The first kappa shape index (κ1) is 11.7. The predicted molar refractivity (Wildman–Crippen MR) is 49.5 cm³/mol. The number of halogens is 4. The smallest absolute Gasteiger partial charge is 0.380 e. The molecule has 2 rings (SSSR count). The van der Waals surface area contributed by atoms with Crippen molar-refractivity contribution in [1.82, 2.24) is 4.90 Å². The molecule has 1 aliphatic heterocycles. The molecule has 0 saturated carbocycles. The highest BCUT2D eigenvalue weighted by molar-refractivity contribution is 6.05. The van der Waals surface area contributed by atoms with Crippen LogP contribution in [0.25, 0.3) is 0 Å². The first-order valence-corrected chi connectivity index (χ1v) is 4.64. The van der Waals surface area contributed by atoms with E-state index in [-0.39, 0.29) is 6.54 Å². The molecule has 1 aliphatic carbocycles. The van der Waals surface area contributed by atoms with Crippen molar-refractivity contribution in [3.8, 4) is 0 Å². The Morgan fingerprint density at radius 2 is 1.82 bits per heavy atom. The maximum absolute atomic E-state index is 13.0. The van der Waals surface area contributed by atoms with Gasteiger partial charge in [0.15, 0.2) is 5.76 Å². The van der Waals surface area contributed by atoms with Crippen LogP contribution in [0.2, 0.25) is 0 Å². The van der Waals surface area contributed by atoms with Gasteiger partial charge >= 0.3 is 11.8 Å². The molecule has 0 amide bonds. The van der Waals surface area contributed by atoms with Crippen LogP contribution in [0.15, 0.2) is 35.9 Å². The van der Waals surface area contributed by atoms with Crippen LogP contribution in [0, 0.1) is 0 Å². The van der Waals surface area contributed by atoms with Crippen LogP contribution in [0.1, 0.15) is 0 Å². The summed E-state index contributed by atoms with van der Waals surface area (Å²) in [5, 5.41) is 9.10. The molecule has 0 atom stereocenters. The molecular weight excluding hydrogens is 242 g/mol. The second-order valence-electron chi connectivity index (χ2n) is 3.60. The fraction of sp³-hybridized carbons (Fsp3) is 0.300. The largest absolute Gasteiger partial charge is 0.505 e. The fourth-order valence-electron chi connectivity index (χ4n) is 1.60. The van der Waals surface area contributed by atoms with E-state index in [0.717, 1.165) is 4.90 Å². The van der Waals surface area contributed by atoms with Crippen LogP contribution in [0.3, 0.4) is 0 Å². The molecule has 0 bridgehead atoms. The lowest BCUT2D eigenvalue weighted by Gasteiger charge is -2.20. The Morgan fingerprint density at radius 3 is 2.24 bits per heavy atom. The number of Topliss-reactive ketones (excluding diaryl/α,β-unsaturated/α-hetero) is 1. The van der Waals surface area contributed by atoms with E-state index in [1.807, 2.05) is 0 Å². The summed E-state index contributed by atoms with van der Waals surface area (Å²) in [7, 11) is 0. The van der Waals surface area contributed by atoms with Gasteiger partial charge in [-0.25, -0.2) is 0 Å². The Balaban J connectivity index is 2.47. The standard InChI is InChI=1S/C10H7F4NO2/c11-9(12)7(16)6(8(17)10(9,13)14)15-4-2-1-3-5-15/h1-4,16H,5H2. The Bertz CT molecular complexity index is 465. The maximum atomic E-state index is 13.0. The number of aliphatic hydroxyl groups is 1. The molecular formula is C10H7F4NO2. The van der Waals surface area contributed by atoms with Crippen molar-refractivity contribution in [2.24, 2.45) is 0 Å². The summed E-state index contributed by atoms with van der Waals surface area (Å²) in [6.45, 7) is -0.0339. The monoisotopic (exact) mass is 249 g/mol. The molecule has 17 heavy (non-hydrogen) atoms. The number of hydrogen-bond donors (Lipinski definition) is 1. The third kappa shape index (κ3) is 1.38. The molecule has 2 aliphatic rings. The number of alkyl halides is 4. The molecule has 0 unspecified atom stereocenters. The van der Waals surface area contributed by atoms with Crippen molar-refractivity contribution in [3.63, 3.8) is 0 Å². The number of aliphatic hydroxyl groups excluding tert-OH is 1. The van der Waals surface area contributed by atoms with Crippen molar-refractivity contribution < 1.29 is 27.5 Å². The molecule has 0 saturated heterocycles. The van der Waals surface area contributed by atoms with Gasteiger partial charge in [-0.2, -0.15) is 17.6 Å². The minimum Gasteiger partial charge on any atom is -0.505 e. The highest BCUT2D eigenvalue weighted by Gasteiger charge is 2.72. The number of hydrogen-bond acceptors (Lipinski definition) is 3. The van der Waals surface area contributed by atoms with Gasteiger partial charge in [0.2, 0.25) is 0 Å². The maximum Gasteiger partial charge on any atom is 0.380 e. The zero-order chi connectivity index (χ0) is 12.8. The van der Waals surface area contributed by atoms with Gasteiger partial charge in [0, 0.05) is 12.7 Å². The van der Waals surface area contributed by atoms with Gasteiger partial charge in [-0.05, 0) is 6.08 Å². The highest BCUT2D eigenvalue weighted by Crippen LogP contribution is 2.48. The number of rotatable bonds is 1. The summed E-state index contributed by atoms with van der Waals surface area (Å²) in [6, 6.07) is 0. The van der Waals surface area contributed by atoms with Gasteiger partial charge < -0.3 is 10.0 Å². The van der Waals surface area contributed by atoms with E-state index < -0.39 is 29.1 Å². The second kappa shape index (κ2) is 3.35. The number of allylic oxidation sites excluding steroid dienone is 4. The third-order valence-corrected chi connectivity index (χ3v) is 2.52. The Labute approximate surface area is 93.3 Å². The topological polar surface area (TPSA) is 40.5 Å². The van der Waals surface area contributed by atoms with Crippen LogP contribution in [-0.4, -0.2) is 34.2 Å². The van der Waals surface area contributed by atoms with Gasteiger partial charge in [0.25, 0.3) is 5.78 Å². The summed E-state index contributed by atoms with van der Waals surface area (Å²) in [5.74, 6) is -13.7. The highest BCUT2D eigenvalue weighted by atomic mass is 19.3. The zero-order valence-electron chi connectivity index (χ0n) is 8.33. The summed E-state index contributed by atoms with van der Waals surface area (Å²) in [5.41, 5.74) is -1.06. The van der Waals surface area contributed by atoms with Crippen molar-refractivity contribution in [2.75, 3.05) is 6.54 Å². The van der Waals surface area contributed by atoms with Gasteiger partial charge in [0.05, 0.1) is 0 Å². The van der Waals surface area contributed by atoms with Crippen molar-refractivity contribution >= 4 is 5.78 Å². The van der Waals surface area contributed by atoms with E-state index in [4.69, 9.17) is 5.11 Å². The predicted octanol–water partition coefficient (Wildman–Crippen LogP) is 1.99. The summed E-state index contributed by atoms with van der Waals surface area (Å²) < 4.78 is 52.0. The minimum atomic E-state index is -4.90. The molecule has 0 aromatic carbocycles. The third-order valence-electron chi connectivity index (χ3n) is 2.52. The molecule has 92 valence electrons. The molecule has 0 aromatic heterocycles. The van der Waals surface area contributed by atoms with Crippen LogP contribution in [0.5, 0.6) is 0 Å². The molecule has 7 heteroatoms. The normalized spacial score (nSPS) is 25.9. The van der Waals surface area contributed by atoms with Crippen molar-refractivity contribution in [3.05, 3.63) is 35.9 Å². The lowest BCUT2D eigenvalue weighted by Crippen LogP contribution is -2.43. The lowest BCUT2D eigenvalue weighted by atomic mass is 10.2. The van der Waals surface area contributed by atoms with Crippen molar-refractivity contribution in [2.45, 2.75) is 11.8 Å². The number of nitrogens with zero attached hydrogens (tertiary/aromatic N) is 1. The lowest BCUT2D eigenvalue weighted by molar-refractivity contribution is -0.190. The molecule has 0 aromatic rings. The van der Waals surface area contributed by atoms with Crippen LogP contribution < -0.4 is 0 Å². The number of carbonyl (C=O) groups is 1. The van der Waals surface area contributed by atoms with E-state index in [0.29, 0.717) is 0 Å². The molecule has 0 fully saturated rings. The quantitative estimate of drug-likeness (QED) is 0.722. The first-order chi connectivity index (χ1) is 7.80. The average Bonchev–Trinajstić information content (AvgIpc) is 2.40. The summed E-state index contributed by atoms with van der Waals surface area (Å²) >= 11 is 0. The molecule has 0 spiro atoms. The zero-order valence-corrected chi connectivity index (χ0v) is 8.33. The minimum absolute atomic E-state index is 0.0339. The SMILES string of the molecule is O=C1C(N2C=CC=CC2)=C(O)C(F)(F)C1(F)F. The Kier molecular flexibility index (Phi) is 2.30. The number of carbonyl (C=O) groups excluding carboxylic acids is 1. The fourth-order valence-corrected chi connectivity index (χ4v) is 1.60. The van der Waals surface area contributed by atoms with Gasteiger partial charge in [-0.3, -0.25) is 4.79 Å². The van der Waals surface area contributed by atoms with E-state index in [1.165, 1.54) is 18.4 Å². The first-order valence-electron chi connectivity index (χ1n) is 4.64. The Morgan fingerprint density at radius 1 is 1.18 bits per heavy atom. The van der Waals surface area contributed by atoms with Crippen LogP contribution in [0.4, 0.5) is 17.6 Å². The second-order valence-corrected chi connectivity index (χ2v) is 3.60. The molecule has 0 radical (unpaired) electrons.